The molecule has 0 aliphatic rings. The topological polar surface area (TPSA) is 43.1 Å². The molecule has 0 aromatic heterocycles. The van der Waals surface area contributed by atoms with Gasteiger partial charge >= 0.3 is 0 Å². The lowest BCUT2D eigenvalue weighted by molar-refractivity contribution is -0.385. The van der Waals surface area contributed by atoms with Gasteiger partial charge in [0.15, 0.2) is 0 Å². The van der Waals surface area contributed by atoms with Crippen molar-refractivity contribution in [2.45, 2.75) is 6.17 Å². The van der Waals surface area contributed by atoms with E-state index in [9.17, 15) is 14.5 Å². The molecule has 1 atom stereocenters. The van der Waals surface area contributed by atoms with Gasteiger partial charge in [-0.3, -0.25) is 10.1 Å². The Balaban J connectivity index is 3.19. The lowest BCUT2D eigenvalue weighted by Crippen LogP contribution is -1.96. The maximum Gasteiger partial charge on any atom is 0.275 e. The zero-order valence-corrected chi connectivity index (χ0v) is 6.81. The summed E-state index contributed by atoms with van der Waals surface area (Å²) in [6.07, 6.45) is -0.455. The average Bonchev–Trinajstić information content (AvgIpc) is 2.16. The van der Waals surface area contributed by atoms with Gasteiger partial charge in [-0.15, -0.1) is 0 Å². The zero-order valence-electron chi connectivity index (χ0n) is 6.81. The van der Waals surface area contributed by atoms with Gasteiger partial charge in [-0.1, -0.05) is 24.8 Å². The lowest BCUT2D eigenvalue weighted by Gasteiger charge is -2.02. The molecule has 0 heterocycles. The van der Waals surface area contributed by atoms with E-state index in [2.05, 4.69) is 6.58 Å². The number of benzene rings is 1. The van der Waals surface area contributed by atoms with Gasteiger partial charge in [-0.05, 0) is 6.07 Å². The van der Waals surface area contributed by atoms with Gasteiger partial charge in [-0.2, -0.15) is 0 Å². The van der Waals surface area contributed by atoms with E-state index in [1.807, 2.05) is 0 Å². The molecule has 0 saturated carbocycles. The van der Waals surface area contributed by atoms with Crippen LogP contribution in [0, 0.1) is 10.1 Å². The van der Waals surface area contributed by atoms with Gasteiger partial charge in [0.2, 0.25) is 0 Å². The number of nitro benzene ring substituents is 1. The number of halogens is 1. The molecule has 3 nitrogen and oxygen atoms in total. The monoisotopic (exact) mass is 181 g/mol. The normalized spacial score (nSPS) is 12.1. The third-order valence-electron chi connectivity index (χ3n) is 1.64. The molecule has 0 aliphatic carbocycles. The van der Waals surface area contributed by atoms with Gasteiger partial charge in [-0.25, -0.2) is 4.39 Å². The molecule has 0 aliphatic heterocycles. The van der Waals surface area contributed by atoms with Crippen LogP contribution in [0.25, 0.3) is 0 Å². The Morgan fingerprint density at radius 2 is 2.15 bits per heavy atom. The Bertz CT molecular complexity index is 338. The smallest absolute Gasteiger partial charge is 0.258 e. The number of nitro groups is 1. The minimum Gasteiger partial charge on any atom is -0.258 e. The first-order chi connectivity index (χ1) is 6.16. The molecule has 1 unspecified atom stereocenters. The van der Waals surface area contributed by atoms with Crippen LogP contribution in [0.2, 0.25) is 0 Å². The molecule has 13 heavy (non-hydrogen) atoms. The fourth-order valence-corrected chi connectivity index (χ4v) is 1.01. The first kappa shape index (κ1) is 9.38. The summed E-state index contributed by atoms with van der Waals surface area (Å²) in [7, 11) is 0. The minimum absolute atomic E-state index is 0.0440. The Hall–Kier alpha value is -1.71. The molecule has 1 rings (SSSR count). The number of nitrogens with zero attached hydrogens (tertiary/aromatic N) is 1. The van der Waals surface area contributed by atoms with Crippen LogP contribution >= 0.6 is 0 Å². The van der Waals surface area contributed by atoms with Gasteiger partial charge in [0, 0.05) is 6.07 Å². The highest BCUT2D eigenvalue weighted by molar-refractivity contribution is 5.42. The Kier molecular flexibility index (Phi) is 2.74. The molecule has 0 N–H and O–H groups in total. The van der Waals surface area contributed by atoms with Crippen molar-refractivity contribution in [2.75, 3.05) is 0 Å². The van der Waals surface area contributed by atoms with E-state index in [1.165, 1.54) is 18.2 Å². The first-order valence-electron chi connectivity index (χ1n) is 3.66. The summed E-state index contributed by atoms with van der Waals surface area (Å²) in [5.74, 6) is 0. The third kappa shape index (κ3) is 1.90. The van der Waals surface area contributed by atoms with E-state index >= 15 is 0 Å². The fourth-order valence-electron chi connectivity index (χ4n) is 1.01. The molecule has 0 spiro atoms. The number of para-hydroxylation sites is 1. The van der Waals surface area contributed by atoms with E-state index in [0.717, 1.165) is 6.08 Å². The summed E-state index contributed by atoms with van der Waals surface area (Å²) in [5.41, 5.74) is -0.169. The average molecular weight is 181 g/mol. The molecule has 0 fully saturated rings. The molecular weight excluding hydrogens is 173 g/mol. The molecule has 1 aromatic rings. The van der Waals surface area contributed by atoms with Crippen LogP contribution in [-0.2, 0) is 0 Å². The molecule has 4 heteroatoms. The summed E-state index contributed by atoms with van der Waals surface area (Å²) < 4.78 is 13.1. The van der Waals surface area contributed by atoms with E-state index in [0.29, 0.717) is 0 Å². The van der Waals surface area contributed by atoms with Crippen LogP contribution in [0.15, 0.2) is 36.9 Å². The van der Waals surface area contributed by atoms with Crippen LogP contribution in [0.4, 0.5) is 10.1 Å². The molecule has 0 saturated heterocycles. The van der Waals surface area contributed by atoms with Crippen LogP contribution in [-0.4, -0.2) is 4.92 Å². The van der Waals surface area contributed by atoms with E-state index in [4.69, 9.17) is 0 Å². The van der Waals surface area contributed by atoms with E-state index < -0.39 is 11.1 Å². The number of allylic oxidation sites excluding steroid dienone is 1. The zero-order chi connectivity index (χ0) is 9.84. The highest BCUT2D eigenvalue weighted by atomic mass is 19.1. The highest BCUT2D eigenvalue weighted by Gasteiger charge is 2.17. The molecule has 1 aromatic carbocycles. The Morgan fingerprint density at radius 1 is 1.54 bits per heavy atom. The van der Waals surface area contributed by atoms with Crippen molar-refractivity contribution in [3.8, 4) is 0 Å². The molecule has 0 bridgehead atoms. The van der Waals surface area contributed by atoms with Crippen molar-refractivity contribution in [3.05, 3.63) is 52.6 Å². The van der Waals surface area contributed by atoms with Crippen molar-refractivity contribution in [1.82, 2.24) is 0 Å². The van der Waals surface area contributed by atoms with Gasteiger partial charge in [0.25, 0.3) is 5.69 Å². The van der Waals surface area contributed by atoms with Crippen molar-refractivity contribution in [2.24, 2.45) is 0 Å². The van der Waals surface area contributed by atoms with Crippen molar-refractivity contribution in [3.63, 3.8) is 0 Å². The largest absolute Gasteiger partial charge is 0.275 e. The van der Waals surface area contributed by atoms with Crippen LogP contribution < -0.4 is 0 Å². The summed E-state index contributed by atoms with van der Waals surface area (Å²) in [5, 5.41) is 10.4. The molecular formula is C9H8FNO2. The number of rotatable bonds is 3. The second kappa shape index (κ2) is 3.80. The Morgan fingerprint density at radius 3 is 2.69 bits per heavy atom. The van der Waals surface area contributed by atoms with Gasteiger partial charge < -0.3 is 0 Å². The number of hydrogen-bond donors (Lipinski definition) is 0. The minimum atomic E-state index is -1.48. The van der Waals surface area contributed by atoms with Crippen molar-refractivity contribution >= 4 is 5.69 Å². The van der Waals surface area contributed by atoms with Crippen molar-refractivity contribution in [1.29, 1.82) is 0 Å². The van der Waals surface area contributed by atoms with Crippen molar-refractivity contribution < 1.29 is 9.31 Å². The van der Waals surface area contributed by atoms with Crippen LogP contribution in [0.5, 0.6) is 0 Å². The summed E-state index contributed by atoms with van der Waals surface area (Å²) in [6.45, 7) is 3.24. The Labute approximate surface area is 74.7 Å². The number of alkyl halides is 1. The van der Waals surface area contributed by atoms with Crippen LogP contribution in [0.1, 0.15) is 11.7 Å². The van der Waals surface area contributed by atoms with Gasteiger partial charge in [0.05, 0.1) is 10.5 Å². The molecule has 0 amide bonds. The standard InChI is InChI=1S/C9H8FNO2/c1-2-8(10)7-5-3-4-6-9(7)11(12)13/h2-6,8H,1H2. The molecule has 0 radical (unpaired) electrons. The highest BCUT2D eigenvalue weighted by Crippen LogP contribution is 2.27. The van der Waals surface area contributed by atoms with Crippen LogP contribution in [0.3, 0.4) is 0 Å². The third-order valence-corrected chi connectivity index (χ3v) is 1.64. The fraction of sp³-hybridized carbons (Fsp3) is 0.111. The SMILES string of the molecule is C=CC(F)c1ccccc1[N+](=O)[O-]. The van der Waals surface area contributed by atoms with Gasteiger partial charge in [0.1, 0.15) is 6.17 Å². The molecule has 68 valence electrons. The maximum absolute atomic E-state index is 13.1. The quantitative estimate of drug-likeness (QED) is 0.408. The summed E-state index contributed by atoms with van der Waals surface area (Å²) in [6, 6.07) is 5.70. The summed E-state index contributed by atoms with van der Waals surface area (Å²) in [4.78, 5) is 9.84. The maximum atomic E-state index is 13.1. The van der Waals surface area contributed by atoms with E-state index in [-0.39, 0.29) is 11.3 Å². The predicted octanol–water partition coefficient (Wildman–Crippen LogP) is 2.79. The number of hydrogen-bond acceptors (Lipinski definition) is 2. The van der Waals surface area contributed by atoms with E-state index in [1.54, 1.807) is 6.07 Å². The lowest BCUT2D eigenvalue weighted by atomic mass is 10.1. The predicted molar refractivity (Wildman–Crippen MR) is 47.1 cm³/mol. The summed E-state index contributed by atoms with van der Waals surface area (Å²) >= 11 is 0. The first-order valence-corrected chi connectivity index (χ1v) is 3.66. The second-order valence-corrected chi connectivity index (χ2v) is 2.45. The second-order valence-electron chi connectivity index (χ2n) is 2.45.